The van der Waals surface area contributed by atoms with Crippen molar-refractivity contribution in [2.45, 2.75) is 140 Å². The smallest absolute Gasteiger partial charge is 0.490 e. The Hall–Kier alpha value is -9.29. The van der Waals surface area contributed by atoms with E-state index in [0.717, 1.165) is 5.52 Å². The number of guanidine groups is 1. The molecular weight excluding hydrogens is 1130 g/mol. The van der Waals surface area contributed by atoms with Crippen LogP contribution in [0, 0.1) is 11.8 Å². The number of benzene rings is 2. The summed E-state index contributed by atoms with van der Waals surface area (Å²) in [6.07, 6.45) is -0.452. The Kier molecular flexibility index (Phi) is 26.1. The summed E-state index contributed by atoms with van der Waals surface area (Å²) in [5.74, 6) is -10.9. The minimum Gasteiger partial charge on any atom is -0.508 e. The van der Waals surface area contributed by atoms with Crippen molar-refractivity contribution in [3.63, 3.8) is 0 Å². The fourth-order valence-electron chi connectivity index (χ4n) is 8.71. The second-order valence-corrected chi connectivity index (χ2v) is 20.8. The number of alkyl halides is 3. The zero-order valence-electron chi connectivity index (χ0n) is 47.0. The van der Waals surface area contributed by atoms with E-state index < -0.39 is 114 Å². The number of hydrogen-bond donors (Lipinski definition) is 16. The van der Waals surface area contributed by atoms with Crippen LogP contribution in [-0.4, -0.2) is 168 Å². The third-order valence-corrected chi connectivity index (χ3v) is 13.0. The van der Waals surface area contributed by atoms with Crippen LogP contribution in [-0.2, 0) is 67.2 Å². The molecule has 8 amide bonds. The van der Waals surface area contributed by atoms with E-state index in [0.29, 0.717) is 22.2 Å². The molecule has 8 atom stereocenters. The quantitative estimate of drug-likeness (QED) is 0.0172. The van der Waals surface area contributed by atoms with Gasteiger partial charge in [0.05, 0.1) is 12.9 Å². The van der Waals surface area contributed by atoms with E-state index in [9.17, 15) is 71.6 Å². The number of aromatic hydroxyl groups is 1. The van der Waals surface area contributed by atoms with E-state index >= 15 is 0 Å². The first kappa shape index (κ1) is 68.2. The van der Waals surface area contributed by atoms with Crippen LogP contribution in [0.25, 0.3) is 10.9 Å². The summed E-state index contributed by atoms with van der Waals surface area (Å²) >= 11 is 0. The largest absolute Gasteiger partial charge is 0.508 e. The van der Waals surface area contributed by atoms with Gasteiger partial charge in [0, 0.05) is 61.2 Å². The number of para-hydroxylation sites is 1. The molecule has 1 aliphatic heterocycles. The molecule has 5 rings (SSSR count). The summed E-state index contributed by atoms with van der Waals surface area (Å²) in [6.45, 7) is 6.28. The number of aromatic amines is 2. The maximum absolute atomic E-state index is 14.5. The SMILES string of the molecule is CC(C)C[C@H](NC(=O)[C@@H](CC(C)C)NC(=O)[C@H](Cc1ccc(O)cc1)NC(=O)[C@H](CO)NC(=O)[C@H](Cc1c[nH]c2ccccc12)NC(=O)[C@H](Cc1cnc[nH]1)NC(=O)[C@@H]1CCC(=O)N1)C(=O)N[C@@H](CCCN=C(N)N)C(=O)O.O=C(O)C(F)(F)F. The number of aromatic nitrogens is 3. The van der Waals surface area contributed by atoms with E-state index in [1.807, 2.05) is 6.07 Å². The Labute approximate surface area is 485 Å². The highest BCUT2D eigenvalue weighted by molar-refractivity contribution is 5.99. The van der Waals surface area contributed by atoms with E-state index in [2.05, 4.69) is 62.5 Å². The van der Waals surface area contributed by atoms with Gasteiger partial charge in [-0.05, 0) is 73.3 Å². The number of nitrogens with zero attached hydrogens (tertiary/aromatic N) is 2. The molecule has 0 unspecified atom stereocenters. The number of nitrogens with two attached hydrogens (primary N) is 2. The van der Waals surface area contributed by atoms with Crippen LogP contribution in [0.4, 0.5) is 13.2 Å². The molecule has 1 aliphatic rings. The van der Waals surface area contributed by atoms with Crippen LogP contribution in [0.1, 0.15) is 83.0 Å². The first-order valence-electron chi connectivity index (χ1n) is 27.0. The predicted octanol–water partition coefficient (Wildman–Crippen LogP) is -0.847. The molecule has 18 N–H and O–H groups in total. The lowest BCUT2D eigenvalue weighted by Crippen LogP contribution is -2.61. The third kappa shape index (κ3) is 22.8. The van der Waals surface area contributed by atoms with Crippen LogP contribution in [0.5, 0.6) is 5.75 Å². The summed E-state index contributed by atoms with van der Waals surface area (Å²) in [7, 11) is 0. The molecular formula is C54H73F3N14O14. The van der Waals surface area contributed by atoms with E-state index in [-0.39, 0.29) is 93.8 Å². The average molecular weight is 1200 g/mol. The van der Waals surface area contributed by atoms with Gasteiger partial charge in [-0.25, -0.2) is 14.6 Å². The van der Waals surface area contributed by atoms with Crippen LogP contribution >= 0.6 is 0 Å². The number of carbonyl (C=O) groups is 10. The van der Waals surface area contributed by atoms with Crippen LogP contribution in [0.3, 0.4) is 0 Å². The number of aliphatic hydroxyl groups excluding tert-OH is 1. The number of aliphatic imine (C=N–C) groups is 1. The van der Waals surface area contributed by atoms with Crippen molar-refractivity contribution in [1.82, 2.24) is 57.5 Å². The van der Waals surface area contributed by atoms with Crippen molar-refractivity contribution in [2.75, 3.05) is 13.2 Å². The van der Waals surface area contributed by atoms with Gasteiger partial charge in [0.25, 0.3) is 0 Å². The van der Waals surface area contributed by atoms with Crippen molar-refractivity contribution in [2.24, 2.45) is 28.3 Å². The number of amides is 8. The molecule has 1 fully saturated rings. The fraction of sp³-hybridized carbons (Fsp3) is 0.481. The number of halogens is 3. The number of imidazole rings is 1. The van der Waals surface area contributed by atoms with Gasteiger partial charge >= 0.3 is 18.1 Å². The number of fused-ring (bicyclic) bond motifs is 1. The number of nitrogens with one attached hydrogen (secondary N) is 10. The van der Waals surface area contributed by atoms with Crippen LogP contribution in [0.15, 0.2) is 72.2 Å². The normalized spacial score (nSPS) is 15.5. The van der Waals surface area contributed by atoms with Gasteiger partial charge in [-0.1, -0.05) is 58.0 Å². The highest BCUT2D eigenvalue weighted by Gasteiger charge is 2.39. The molecule has 0 aliphatic carbocycles. The Morgan fingerprint density at radius 2 is 1.20 bits per heavy atom. The lowest BCUT2D eigenvalue weighted by atomic mass is 9.98. The van der Waals surface area contributed by atoms with E-state index in [4.69, 9.17) is 21.4 Å². The highest BCUT2D eigenvalue weighted by Crippen LogP contribution is 2.21. The van der Waals surface area contributed by atoms with Gasteiger partial charge in [-0.3, -0.25) is 43.3 Å². The molecule has 85 heavy (non-hydrogen) atoms. The van der Waals surface area contributed by atoms with Gasteiger partial charge in [0.2, 0.25) is 47.3 Å². The van der Waals surface area contributed by atoms with Gasteiger partial charge in [0.15, 0.2) is 5.96 Å². The number of phenols is 1. The summed E-state index contributed by atoms with van der Waals surface area (Å²) in [4.78, 5) is 145. The molecule has 0 spiro atoms. The minimum atomic E-state index is -5.08. The molecule has 31 heteroatoms. The molecule has 0 bridgehead atoms. The van der Waals surface area contributed by atoms with Crippen molar-refractivity contribution in [3.05, 3.63) is 84.1 Å². The maximum Gasteiger partial charge on any atom is 0.490 e. The molecule has 2 aromatic carbocycles. The Balaban J connectivity index is 0.00000208. The second-order valence-electron chi connectivity index (χ2n) is 20.8. The number of carboxylic acid groups (broad SMARTS) is 2. The standard InChI is InChI=1S/C52H72N14O12.C2HF3O2/c1-27(2)18-37(45(71)60-36(51(77)78)10-7-17-56-52(53)54)61-46(72)38(19-28(3)4)62-47(73)39(20-29-11-13-32(68)14-12-29)63-50(76)42(25-67)66-48(74)40(21-30-23-57-34-9-6-5-8-33(30)34)64-49(75)41(22-31-24-55-26-58-31)65-44(70)35-15-16-43(69)59-35;3-2(4,5)1(6)7/h5-6,8-9,11-14,23-24,26-28,35-42,57,67-68H,7,10,15-22,25H2,1-4H3,(H,55,58)(H,59,69)(H,60,71)(H,61,72)(H,62,73)(H,63,76)(H,64,75)(H,65,70)(H,66,74)(H,77,78)(H4,53,54,56);(H,6,7)/t35-,36-,37-,38+,39-,40-,41-,42-;/m0./s1. The monoisotopic (exact) mass is 1200 g/mol. The number of phenolic OH excluding ortho intramolecular Hbond substituents is 1. The molecule has 464 valence electrons. The molecule has 0 radical (unpaired) electrons. The summed E-state index contributed by atoms with van der Waals surface area (Å²) in [6, 6.07) is 2.11. The molecule has 28 nitrogen and oxygen atoms in total. The van der Waals surface area contributed by atoms with Gasteiger partial charge in [-0.2, -0.15) is 13.2 Å². The maximum atomic E-state index is 14.5. The summed E-state index contributed by atoms with van der Waals surface area (Å²) in [5.41, 5.74) is 12.9. The number of aliphatic carboxylic acids is 2. The Bertz CT molecular complexity index is 2970. The molecule has 4 aromatic rings. The highest BCUT2D eigenvalue weighted by atomic mass is 19.4. The first-order valence-corrected chi connectivity index (χ1v) is 27.0. The number of carboxylic acids is 2. The zero-order chi connectivity index (χ0) is 63.1. The predicted molar refractivity (Wildman–Crippen MR) is 298 cm³/mol. The first-order chi connectivity index (χ1) is 40.0. The minimum absolute atomic E-state index is 0.0258. The summed E-state index contributed by atoms with van der Waals surface area (Å²) in [5, 5.41) is 59.3. The fourth-order valence-corrected chi connectivity index (χ4v) is 8.71. The van der Waals surface area contributed by atoms with Crippen molar-refractivity contribution >= 4 is 76.1 Å². The second kappa shape index (κ2) is 32.5. The Morgan fingerprint density at radius 1 is 0.694 bits per heavy atom. The van der Waals surface area contributed by atoms with Gasteiger partial charge in [-0.15, -0.1) is 0 Å². The number of hydrogen-bond acceptors (Lipinski definition) is 14. The average Bonchev–Trinajstić information content (AvgIpc) is 4.30. The number of carbonyl (C=O) groups excluding carboxylic acids is 8. The molecule has 1 saturated heterocycles. The molecule has 2 aromatic heterocycles. The summed E-state index contributed by atoms with van der Waals surface area (Å²) < 4.78 is 31.7. The van der Waals surface area contributed by atoms with Crippen molar-refractivity contribution < 1.29 is 81.5 Å². The number of aliphatic hydroxyl groups is 1. The number of rotatable bonds is 30. The number of H-pyrrole nitrogens is 2. The van der Waals surface area contributed by atoms with Crippen LogP contribution < -0.4 is 54.0 Å². The lowest BCUT2D eigenvalue weighted by molar-refractivity contribution is -0.192. The van der Waals surface area contributed by atoms with E-state index in [1.54, 1.807) is 52.1 Å². The van der Waals surface area contributed by atoms with Gasteiger partial charge < -0.3 is 84.4 Å². The lowest BCUT2D eigenvalue weighted by Gasteiger charge is -2.28. The van der Waals surface area contributed by atoms with Crippen molar-refractivity contribution in [1.29, 1.82) is 0 Å². The van der Waals surface area contributed by atoms with Crippen LogP contribution in [0.2, 0.25) is 0 Å². The molecule has 0 saturated carbocycles. The molecule has 3 heterocycles. The van der Waals surface area contributed by atoms with Crippen molar-refractivity contribution in [3.8, 4) is 5.75 Å². The topological polar surface area (TPSA) is 457 Å². The Morgan fingerprint density at radius 3 is 1.69 bits per heavy atom. The third-order valence-electron chi connectivity index (χ3n) is 13.0. The van der Waals surface area contributed by atoms with E-state index in [1.165, 1.54) is 36.8 Å². The van der Waals surface area contributed by atoms with Gasteiger partial charge in [0.1, 0.15) is 54.1 Å². The zero-order valence-corrected chi connectivity index (χ0v) is 47.0.